The number of carbonyl (C=O) groups excluding carboxylic acids is 2. The molecular weight excluding hydrogens is 202 g/mol. The van der Waals surface area contributed by atoms with Crippen molar-refractivity contribution in [2.24, 2.45) is 17.6 Å². The van der Waals surface area contributed by atoms with E-state index in [9.17, 15) is 9.59 Å². The van der Waals surface area contributed by atoms with E-state index in [0.29, 0.717) is 18.7 Å². The number of Topliss-reactive ketones (excluding diaryl/α,β-unsaturated/α-hetero) is 1. The lowest BCUT2D eigenvalue weighted by atomic mass is 9.89. The Morgan fingerprint density at radius 3 is 2.44 bits per heavy atom. The van der Waals surface area contributed by atoms with Crippen LogP contribution in [0.2, 0.25) is 0 Å². The molecule has 0 aliphatic rings. The topological polar surface area (TPSA) is 60.2 Å². The summed E-state index contributed by atoms with van der Waals surface area (Å²) in [5, 5.41) is 0. The predicted molar refractivity (Wildman–Crippen MR) is 66.2 cm³/mol. The van der Waals surface area contributed by atoms with Crippen molar-refractivity contribution in [3.8, 4) is 0 Å². The van der Waals surface area contributed by atoms with Gasteiger partial charge in [-0.1, -0.05) is 20.3 Å². The maximum Gasteiger partial charge on any atom is 0.135 e. The summed E-state index contributed by atoms with van der Waals surface area (Å²) < 4.78 is 0. The van der Waals surface area contributed by atoms with Gasteiger partial charge in [-0.25, -0.2) is 0 Å². The maximum atomic E-state index is 11.7. The van der Waals surface area contributed by atoms with Gasteiger partial charge in [0.2, 0.25) is 0 Å². The van der Waals surface area contributed by atoms with Crippen LogP contribution in [-0.4, -0.2) is 18.6 Å². The summed E-state index contributed by atoms with van der Waals surface area (Å²) in [5.41, 5.74) is 5.44. The smallest absolute Gasteiger partial charge is 0.135 e. The number of rotatable bonds is 10. The molecule has 3 nitrogen and oxygen atoms in total. The zero-order valence-electron chi connectivity index (χ0n) is 10.6. The van der Waals surface area contributed by atoms with Crippen LogP contribution in [0.15, 0.2) is 0 Å². The van der Waals surface area contributed by atoms with Crippen molar-refractivity contribution in [2.45, 2.75) is 52.4 Å². The number of nitrogens with two attached hydrogens (primary N) is 1. The fourth-order valence-corrected chi connectivity index (χ4v) is 1.82. The van der Waals surface area contributed by atoms with Crippen molar-refractivity contribution < 1.29 is 9.59 Å². The molecule has 0 spiro atoms. The van der Waals surface area contributed by atoms with Gasteiger partial charge in [0.25, 0.3) is 0 Å². The monoisotopic (exact) mass is 227 g/mol. The van der Waals surface area contributed by atoms with Crippen molar-refractivity contribution >= 4 is 12.1 Å². The molecule has 16 heavy (non-hydrogen) atoms. The predicted octanol–water partition coefficient (Wildman–Crippen LogP) is 2.33. The van der Waals surface area contributed by atoms with Crippen LogP contribution in [0.25, 0.3) is 0 Å². The van der Waals surface area contributed by atoms with Crippen molar-refractivity contribution in [1.29, 1.82) is 0 Å². The highest BCUT2D eigenvalue weighted by atomic mass is 16.1. The molecule has 0 aromatic carbocycles. The summed E-state index contributed by atoms with van der Waals surface area (Å²) in [6.07, 6.45) is 6.16. The maximum absolute atomic E-state index is 11.7. The molecule has 0 fully saturated rings. The van der Waals surface area contributed by atoms with Gasteiger partial charge in [-0.05, 0) is 32.2 Å². The van der Waals surface area contributed by atoms with E-state index in [4.69, 9.17) is 5.73 Å². The van der Waals surface area contributed by atoms with E-state index < -0.39 is 0 Å². The molecule has 2 N–H and O–H groups in total. The second-order valence-electron chi connectivity index (χ2n) is 4.49. The lowest BCUT2D eigenvalue weighted by Crippen LogP contribution is -2.15. The number of hydrogen-bond acceptors (Lipinski definition) is 3. The molecular formula is C13H25NO2. The molecule has 0 heterocycles. The number of aldehydes is 1. The second-order valence-corrected chi connectivity index (χ2v) is 4.49. The Morgan fingerprint density at radius 2 is 1.94 bits per heavy atom. The second kappa shape index (κ2) is 9.52. The average Bonchev–Trinajstić information content (AvgIpc) is 2.32. The van der Waals surface area contributed by atoms with Gasteiger partial charge in [0.1, 0.15) is 12.1 Å². The number of hydrogen-bond donors (Lipinski definition) is 1. The molecule has 0 bridgehead atoms. The highest BCUT2D eigenvalue weighted by Gasteiger charge is 2.16. The molecule has 0 aliphatic carbocycles. The van der Waals surface area contributed by atoms with Crippen molar-refractivity contribution in [1.82, 2.24) is 0 Å². The van der Waals surface area contributed by atoms with Crippen LogP contribution >= 0.6 is 0 Å². The molecule has 0 rings (SSSR count). The third-order valence-corrected chi connectivity index (χ3v) is 3.01. The van der Waals surface area contributed by atoms with Gasteiger partial charge in [-0.3, -0.25) is 4.79 Å². The Balaban J connectivity index is 3.99. The molecule has 2 atom stereocenters. The third-order valence-electron chi connectivity index (χ3n) is 3.01. The minimum Gasteiger partial charge on any atom is -0.330 e. The first-order valence-electron chi connectivity index (χ1n) is 6.33. The highest BCUT2D eigenvalue weighted by Crippen LogP contribution is 2.19. The van der Waals surface area contributed by atoms with E-state index in [1.165, 1.54) is 0 Å². The zero-order chi connectivity index (χ0) is 12.4. The van der Waals surface area contributed by atoms with Gasteiger partial charge in [0.15, 0.2) is 0 Å². The standard InChI is InChI=1S/C13H25NO2/c1-3-13(16)12(6-4-5-9-14)8-7-11(2)10-15/h10-12H,3-9,14H2,1-2H3/t11?,12-/m1/s1. The molecule has 1 unspecified atom stereocenters. The van der Waals surface area contributed by atoms with Gasteiger partial charge in [0.05, 0.1) is 0 Å². The summed E-state index contributed by atoms with van der Waals surface area (Å²) in [6, 6.07) is 0. The van der Waals surface area contributed by atoms with Crippen LogP contribution in [0, 0.1) is 11.8 Å². The Bertz CT molecular complexity index is 204. The van der Waals surface area contributed by atoms with Gasteiger partial charge < -0.3 is 10.5 Å². The molecule has 0 saturated carbocycles. The Kier molecular flexibility index (Phi) is 9.10. The quantitative estimate of drug-likeness (QED) is 0.460. The van der Waals surface area contributed by atoms with Gasteiger partial charge in [0, 0.05) is 18.3 Å². The fourth-order valence-electron chi connectivity index (χ4n) is 1.82. The SMILES string of the molecule is CCC(=O)[C@H](CCCCN)CCC(C)C=O. The lowest BCUT2D eigenvalue weighted by Gasteiger charge is -2.15. The van der Waals surface area contributed by atoms with Gasteiger partial charge in [-0.15, -0.1) is 0 Å². The van der Waals surface area contributed by atoms with E-state index in [0.717, 1.165) is 38.4 Å². The zero-order valence-corrected chi connectivity index (χ0v) is 10.6. The van der Waals surface area contributed by atoms with Gasteiger partial charge >= 0.3 is 0 Å². The number of ketones is 1. The van der Waals surface area contributed by atoms with Crippen LogP contribution in [-0.2, 0) is 9.59 Å². The first-order valence-corrected chi connectivity index (χ1v) is 6.33. The Morgan fingerprint density at radius 1 is 1.25 bits per heavy atom. The molecule has 3 heteroatoms. The fraction of sp³-hybridized carbons (Fsp3) is 0.846. The van der Waals surface area contributed by atoms with Crippen LogP contribution in [0.4, 0.5) is 0 Å². The summed E-state index contributed by atoms with van der Waals surface area (Å²) in [6.45, 7) is 4.50. The summed E-state index contributed by atoms with van der Waals surface area (Å²) in [5.74, 6) is 0.538. The van der Waals surface area contributed by atoms with Crippen molar-refractivity contribution in [2.75, 3.05) is 6.54 Å². The van der Waals surface area contributed by atoms with Crippen LogP contribution in [0.1, 0.15) is 52.4 Å². The summed E-state index contributed by atoms with van der Waals surface area (Å²) in [7, 11) is 0. The highest BCUT2D eigenvalue weighted by molar-refractivity contribution is 5.80. The molecule has 0 saturated heterocycles. The van der Waals surface area contributed by atoms with Crippen molar-refractivity contribution in [3.05, 3.63) is 0 Å². The largest absolute Gasteiger partial charge is 0.330 e. The molecule has 0 aromatic rings. The Labute approximate surface area is 98.8 Å². The first kappa shape index (κ1) is 15.3. The molecule has 0 amide bonds. The van der Waals surface area contributed by atoms with Crippen molar-refractivity contribution in [3.63, 3.8) is 0 Å². The van der Waals surface area contributed by atoms with E-state index >= 15 is 0 Å². The van der Waals surface area contributed by atoms with Crippen LogP contribution < -0.4 is 5.73 Å². The minimum absolute atomic E-state index is 0.0710. The minimum atomic E-state index is 0.0710. The summed E-state index contributed by atoms with van der Waals surface area (Å²) in [4.78, 5) is 22.2. The van der Waals surface area contributed by atoms with E-state index in [1.807, 2.05) is 13.8 Å². The average molecular weight is 227 g/mol. The molecule has 0 aromatic heterocycles. The Hall–Kier alpha value is -0.700. The van der Waals surface area contributed by atoms with Crippen LogP contribution in [0.5, 0.6) is 0 Å². The third kappa shape index (κ3) is 6.72. The van der Waals surface area contributed by atoms with E-state index in [-0.39, 0.29) is 11.8 Å². The summed E-state index contributed by atoms with van der Waals surface area (Å²) >= 11 is 0. The normalized spacial score (nSPS) is 14.4. The molecule has 0 aliphatic heterocycles. The lowest BCUT2D eigenvalue weighted by molar-refractivity contribution is -0.123. The van der Waals surface area contributed by atoms with E-state index in [1.54, 1.807) is 0 Å². The van der Waals surface area contributed by atoms with Gasteiger partial charge in [-0.2, -0.15) is 0 Å². The number of unbranched alkanes of at least 4 members (excludes halogenated alkanes) is 1. The number of carbonyl (C=O) groups is 2. The van der Waals surface area contributed by atoms with E-state index in [2.05, 4.69) is 0 Å². The molecule has 94 valence electrons. The van der Waals surface area contributed by atoms with Crippen LogP contribution in [0.3, 0.4) is 0 Å². The molecule has 0 radical (unpaired) electrons. The first-order chi connectivity index (χ1) is 7.65.